The molecule has 44 heavy (non-hydrogen) atoms. The van der Waals surface area contributed by atoms with E-state index in [1.54, 1.807) is 0 Å². The third kappa shape index (κ3) is 3.29. The molecule has 10 rings (SSSR count). The van der Waals surface area contributed by atoms with E-state index in [4.69, 9.17) is 9.40 Å². The van der Waals surface area contributed by atoms with Crippen LogP contribution in [0.5, 0.6) is 0 Å². The van der Waals surface area contributed by atoms with Gasteiger partial charge in [-0.25, -0.2) is 4.98 Å². The Morgan fingerprint density at radius 1 is 0.455 bits per heavy atom. The van der Waals surface area contributed by atoms with Crippen LogP contribution >= 0.6 is 0 Å². The molecule has 0 unspecified atom stereocenters. The Kier molecular flexibility index (Phi) is 4.72. The van der Waals surface area contributed by atoms with Crippen molar-refractivity contribution in [2.75, 3.05) is 0 Å². The van der Waals surface area contributed by atoms with Crippen molar-refractivity contribution in [1.29, 1.82) is 0 Å². The summed E-state index contributed by atoms with van der Waals surface area (Å²) in [6, 6.07) is 49.9. The van der Waals surface area contributed by atoms with Crippen molar-refractivity contribution in [3.8, 4) is 22.3 Å². The number of pyridine rings is 1. The van der Waals surface area contributed by atoms with Crippen LogP contribution in [-0.2, 0) is 0 Å². The van der Waals surface area contributed by atoms with E-state index in [2.05, 4.69) is 138 Å². The number of para-hydroxylation sites is 1. The van der Waals surface area contributed by atoms with Gasteiger partial charge >= 0.3 is 0 Å². The molecule has 7 aromatic carbocycles. The van der Waals surface area contributed by atoms with E-state index in [1.165, 1.54) is 43.4 Å². The SMILES string of the molecule is c1cc(-c2ccc3c(c2)oc2ccccc23)cc(-c2ccc3c(c2)c2c4ccccc4ccc2c2nc4ccccn4c32)c1. The third-order valence-corrected chi connectivity index (χ3v) is 9.17. The van der Waals surface area contributed by atoms with E-state index in [1.807, 2.05) is 12.1 Å². The lowest BCUT2D eigenvalue weighted by Gasteiger charge is -2.13. The molecule has 0 saturated heterocycles. The smallest absolute Gasteiger partial charge is 0.137 e. The van der Waals surface area contributed by atoms with E-state index in [0.717, 1.165) is 49.7 Å². The number of rotatable bonds is 2. The fraction of sp³-hybridized carbons (Fsp3) is 0. The Hall–Kier alpha value is -5.93. The molecule has 0 amide bonds. The van der Waals surface area contributed by atoms with Gasteiger partial charge in [0.2, 0.25) is 0 Å². The lowest BCUT2D eigenvalue weighted by Crippen LogP contribution is -1.89. The van der Waals surface area contributed by atoms with Crippen molar-refractivity contribution < 1.29 is 4.42 Å². The molecule has 0 bridgehead atoms. The second-order valence-electron chi connectivity index (χ2n) is 11.6. The van der Waals surface area contributed by atoms with Crippen molar-refractivity contribution in [1.82, 2.24) is 9.38 Å². The topological polar surface area (TPSA) is 30.4 Å². The molecule has 3 aromatic heterocycles. The minimum atomic E-state index is 0.912. The van der Waals surface area contributed by atoms with Crippen LogP contribution in [0.1, 0.15) is 0 Å². The molecule has 0 radical (unpaired) electrons. The van der Waals surface area contributed by atoms with Crippen molar-refractivity contribution in [3.63, 3.8) is 0 Å². The Morgan fingerprint density at radius 2 is 1.16 bits per heavy atom. The first-order chi connectivity index (χ1) is 21.8. The van der Waals surface area contributed by atoms with E-state index in [-0.39, 0.29) is 0 Å². The number of benzene rings is 7. The first-order valence-electron chi connectivity index (χ1n) is 15.0. The highest BCUT2D eigenvalue weighted by Gasteiger charge is 2.17. The van der Waals surface area contributed by atoms with E-state index in [0.29, 0.717) is 0 Å². The zero-order chi connectivity index (χ0) is 28.8. The summed E-state index contributed by atoms with van der Waals surface area (Å²) >= 11 is 0. The van der Waals surface area contributed by atoms with Gasteiger partial charge in [0.1, 0.15) is 16.8 Å². The summed E-state index contributed by atoms with van der Waals surface area (Å²) in [6.45, 7) is 0. The van der Waals surface area contributed by atoms with Crippen molar-refractivity contribution in [3.05, 3.63) is 146 Å². The van der Waals surface area contributed by atoms with Gasteiger partial charge in [-0.3, -0.25) is 4.40 Å². The average Bonchev–Trinajstić information content (AvgIpc) is 3.66. The number of hydrogen-bond acceptors (Lipinski definition) is 2. The zero-order valence-corrected chi connectivity index (χ0v) is 23.7. The monoisotopic (exact) mass is 560 g/mol. The molecule has 0 spiro atoms. The van der Waals surface area contributed by atoms with Gasteiger partial charge < -0.3 is 4.42 Å². The van der Waals surface area contributed by atoms with Crippen molar-refractivity contribution in [2.24, 2.45) is 0 Å². The fourth-order valence-corrected chi connectivity index (χ4v) is 7.12. The van der Waals surface area contributed by atoms with Gasteiger partial charge in [-0.15, -0.1) is 0 Å². The number of aromatic nitrogens is 2. The van der Waals surface area contributed by atoms with Crippen molar-refractivity contribution >= 4 is 70.9 Å². The van der Waals surface area contributed by atoms with Crippen molar-refractivity contribution in [2.45, 2.75) is 0 Å². The number of furan rings is 1. The molecular weight excluding hydrogens is 536 g/mol. The maximum atomic E-state index is 6.21. The highest BCUT2D eigenvalue weighted by Crippen LogP contribution is 2.41. The van der Waals surface area contributed by atoms with Crippen LogP contribution in [0.25, 0.3) is 93.2 Å². The molecule has 0 saturated carbocycles. The number of imidazole rings is 1. The van der Waals surface area contributed by atoms with Crippen LogP contribution in [0.4, 0.5) is 0 Å². The van der Waals surface area contributed by atoms with E-state index >= 15 is 0 Å². The van der Waals surface area contributed by atoms with Crippen LogP contribution in [0.2, 0.25) is 0 Å². The second kappa shape index (κ2) is 8.79. The zero-order valence-electron chi connectivity index (χ0n) is 23.7. The summed E-state index contributed by atoms with van der Waals surface area (Å²) in [5.74, 6) is 0. The van der Waals surface area contributed by atoms with Gasteiger partial charge in [-0.2, -0.15) is 0 Å². The molecule has 0 atom stereocenters. The molecule has 3 heteroatoms. The summed E-state index contributed by atoms with van der Waals surface area (Å²) in [4.78, 5) is 5.12. The van der Waals surface area contributed by atoms with Gasteiger partial charge in [-0.1, -0.05) is 97.1 Å². The van der Waals surface area contributed by atoms with Gasteiger partial charge in [-0.05, 0) is 86.3 Å². The Balaban J connectivity index is 1.22. The number of fused-ring (bicyclic) bond motifs is 13. The first-order valence-corrected chi connectivity index (χ1v) is 15.0. The summed E-state index contributed by atoms with van der Waals surface area (Å²) in [5, 5.41) is 9.66. The highest BCUT2D eigenvalue weighted by molar-refractivity contribution is 6.30. The first kappa shape index (κ1) is 23.6. The van der Waals surface area contributed by atoms with Gasteiger partial charge in [0.25, 0.3) is 0 Å². The Labute approximate surface area is 252 Å². The standard InChI is InChI=1S/C41H24N2O/c1-2-11-30-25(8-1)15-20-34-39(30)35-23-28(17-19-33(35)41-40(34)42-38-14-5-6-21-43(38)41)26-9-7-10-27(22-26)29-16-18-32-31-12-3-4-13-36(31)44-37(32)24-29/h1-24H. The molecule has 3 nitrogen and oxygen atoms in total. The van der Waals surface area contributed by atoms with E-state index < -0.39 is 0 Å². The van der Waals surface area contributed by atoms with Crippen LogP contribution in [0, 0.1) is 0 Å². The maximum absolute atomic E-state index is 6.21. The number of nitrogens with zero attached hydrogens (tertiary/aromatic N) is 2. The molecule has 0 N–H and O–H groups in total. The normalized spacial score (nSPS) is 12.1. The van der Waals surface area contributed by atoms with Crippen LogP contribution in [-0.4, -0.2) is 9.38 Å². The van der Waals surface area contributed by atoms with Crippen LogP contribution < -0.4 is 0 Å². The van der Waals surface area contributed by atoms with E-state index in [9.17, 15) is 0 Å². The van der Waals surface area contributed by atoms with Gasteiger partial charge in [0.15, 0.2) is 0 Å². The molecule has 0 aliphatic rings. The van der Waals surface area contributed by atoms with Crippen LogP contribution in [0.15, 0.2) is 150 Å². The van der Waals surface area contributed by atoms with Crippen LogP contribution in [0.3, 0.4) is 0 Å². The molecule has 0 aliphatic heterocycles. The highest BCUT2D eigenvalue weighted by atomic mass is 16.3. The molecular formula is C41H24N2O. The summed E-state index contributed by atoms with van der Waals surface area (Å²) in [6.07, 6.45) is 2.12. The lowest BCUT2D eigenvalue weighted by atomic mass is 9.92. The van der Waals surface area contributed by atoms with Gasteiger partial charge in [0.05, 0.1) is 11.0 Å². The second-order valence-corrected chi connectivity index (χ2v) is 11.6. The minimum Gasteiger partial charge on any atom is -0.456 e. The Bertz CT molecular complexity index is 2780. The lowest BCUT2D eigenvalue weighted by molar-refractivity contribution is 0.669. The summed E-state index contributed by atoms with van der Waals surface area (Å²) < 4.78 is 8.43. The molecule has 0 fully saturated rings. The molecule has 0 aliphatic carbocycles. The summed E-state index contributed by atoms with van der Waals surface area (Å²) in [5.41, 5.74) is 9.66. The predicted molar refractivity (Wildman–Crippen MR) is 183 cm³/mol. The number of hydrogen-bond donors (Lipinski definition) is 0. The average molecular weight is 561 g/mol. The predicted octanol–water partition coefficient (Wildman–Crippen LogP) is 11.2. The van der Waals surface area contributed by atoms with Gasteiger partial charge in [0, 0.05) is 27.7 Å². The fourth-order valence-electron chi connectivity index (χ4n) is 7.12. The summed E-state index contributed by atoms with van der Waals surface area (Å²) in [7, 11) is 0. The molecule has 204 valence electrons. The molecule has 3 heterocycles. The minimum absolute atomic E-state index is 0.912. The maximum Gasteiger partial charge on any atom is 0.137 e. The third-order valence-electron chi connectivity index (χ3n) is 9.17. The largest absolute Gasteiger partial charge is 0.456 e. The molecule has 10 aromatic rings. The Morgan fingerprint density at radius 3 is 2.07 bits per heavy atom. The quantitative estimate of drug-likeness (QED) is 0.197.